The molecule has 1 aromatic heterocycles. The van der Waals surface area contributed by atoms with Gasteiger partial charge in [-0.15, -0.1) is 12.4 Å². The number of aromatic nitrogens is 1. The molecule has 0 aliphatic carbocycles. The summed E-state index contributed by atoms with van der Waals surface area (Å²) in [6.45, 7) is 2.31. The monoisotopic (exact) mass is 374 g/mol. The van der Waals surface area contributed by atoms with E-state index < -0.39 is 0 Å². The van der Waals surface area contributed by atoms with Crippen molar-refractivity contribution in [3.8, 4) is 0 Å². The van der Waals surface area contributed by atoms with E-state index in [1.165, 1.54) is 6.20 Å². The van der Waals surface area contributed by atoms with Gasteiger partial charge in [0, 0.05) is 30.5 Å². The number of carbonyl (C=O) groups excluding carboxylic acids is 2. The molecule has 1 aromatic carbocycles. The van der Waals surface area contributed by atoms with E-state index in [1.54, 1.807) is 18.3 Å². The van der Waals surface area contributed by atoms with Crippen molar-refractivity contribution < 1.29 is 9.59 Å². The summed E-state index contributed by atoms with van der Waals surface area (Å²) in [7, 11) is 0. The van der Waals surface area contributed by atoms with Gasteiger partial charge >= 0.3 is 0 Å². The van der Waals surface area contributed by atoms with E-state index >= 15 is 0 Å². The van der Waals surface area contributed by atoms with Crippen LogP contribution in [0.3, 0.4) is 0 Å². The molecule has 2 heterocycles. The lowest BCUT2D eigenvalue weighted by atomic mass is 9.97. The highest BCUT2D eigenvalue weighted by molar-refractivity contribution is 6.04. The van der Waals surface area contributed by atoms with Crippen molar-refractivity contribution in [2.45, 2.75) is 19.4 Å². The third-order valence-electron chi connectivity index (χ3n) is 4.31. The molecular weight excluding hydrogens is 352 g/mol. The highest BCUT2D eigenvalue weighted by Crippen LogP contribution is 2.13. The number of benzene rings is 1. The largest absolute Gasteiger partial charge is 0.352 e. The van der Waals surface area contributed by atoms with E-state index in [-0.39, 0.29) is 30.1 Å². The molecule has 2 aromatic rings. The zero-order valence-corrected chi connectivity index (χ0v) is 15.2. The molecule has 1 saturated heterocycles. The summed E-state index contributed by atoms with van der Waals surface area (Å²) in [6.07, 6.45) is 4.94. The van der Waals surface area contributed by atoms with Crippen molar-refractivity contribution in [1.29, 1.82) is 0 Å². The molecule has 1 aliphatic heterocycles. The number of carbonyl (C=O) groups is 2. The molecule has 0 radical (unpaired) electrons. The quantitative estimate of drug-likeness (QED) is 0.750. The number of amides is 2. The Kier molecular flexibility index (Phi) is 7.56. The Labute approximate surface area is 159 Å². The van der Waals surface area contributed by atoms with Crippen molar-refractivity contribution in [3.05, 3.63) is 59.9 Å². The minimum Gasteiger partial charge on any atom is -0.352 e. The maximum atomic E-state index is 12.1. The molecule has 1 aliphatic rings. The van der Waals surface area contributed by atoms with E-state index in [2.05, 4.69) is 20.9 Å². The molecule has 7 heteroatoms. The lowest BCUT2D eigenvalue weighted by Crippen LogP contribution is -2.37. The van der Waals surface area contributed by atoms with E-state index in [1.807, 2.05) is 24.3 Å². The van der Waals surface area contributed by atoms with Gasteiger partial charge in [0.25, 0.3) is 5.91 Å². The average molecular weight is 375 g/mol. The van der Waals surface area contributed by atoms with Gasteiger partial charge in [0.1, 0.15) is 0 Å². The fourth-order valence-corrected chi connectivity index (χ4v) is 2.82. The Hall–Kier alpha value is -2.44. The van der Waals surface area contributed by atoms with E-state index in [0.717, 1.165) is 31.5 Å². The number of anilines is 1. The lowest BCUT2D eigenvalue weighted by molar-refractivity contribution is -0.125. The van der Waals surface area contributed by atoms with Gasteiger partial charge in [0.15, 0.2) is 0 Å². The average Bonchev–Trinajstić information content (AvgIpc) is 2.68. The van der Waals surface area contributed by atoms with E-state index in [0.29, 0.717) is 17.8 Å². The zero-order chi connectivity index (χ0) is 17.5. The summed E-state index contributed by atoms with van der Waals surface area (Å²) in [5, 5.41) is 9.08. The number of piperidine rings is 1. The Balaban J connectivity index is 0.00000243. The summed E-state index contributed by atoms with van der Waals surface area (Å²) < 4.78 is 0. The molecule has 0 bridgehead atoms. The number of rotatable bonds is 5. The molecule has 1 fully saturated rings. The number of nitrogens with one attached hydrogen (secondary N) is 3. The highest BCUT2D eigenvalue weighted by Gasteiger charge is 2.20. The van der Waals surface area contributed by atoms with Crippen LogP contribution in [0.5, 0.6) is 0 Å². The summed E-state index contributed by atoms with van der Waals surface area (Å²) in [6, 6.07) is 10.9. The normalized spacial score (nSPS) is 14.2. The van der Waals surface area contributed by atoms with Gasteiger partial charge < -0.3 is 16.0 Å². The third-order valence-corrected chi connectivity index (χ3v) is 4.31. The van der Waals surface area contributed by atoms with Crippen molar-refractivity contribution in [2.75, 3.05) is 18.4 Å². The van der Waals surface area contributed by atoms with Gasteiger partial charge in [-0.3, -0.25) is 14.6 Å². The Morgan fingerprint density at radius 1 is 1.12 bits per heavy atom. The van der Waals surface area contributed by atoms with Crippen LogP contribution >= 0.6 is 12.4 Å². The highest BCUT2D eigenvalue weighted by atomic mass is 35.5. The van der Waals surface area contributed by atoms with Crippen LogP contribution in [0.25, 0.3) is 0 Å². The second kappa shape index (κ2) is 9.89. The number of hydrogen-bond donors (Lipinski definition) is 3. The predicted molar refractivity (Wildman–Crippen MR) is 103 cm³/mol. The second-order valence-electron chi connectivity index (χ2n) is 6.13. The van der Waals surface area contributed by atoms with E-state index in [4.69, 9.17) is 0 Å². The summed E-state index contributed by atoms with van der Waals surface area (Å²) in [5.41, 5.74) is 2.23. The van der Waals surface area contributed by atoms with Crippen LogP contribution in [0.15, 0.2) is 48.8 Å². The Bertz CT molecular complexity index is 716. The molecule has 138 valence electrons. The maximum absolute atomic E-state index is 12.1. The predicted octanol–water partition coefficient (Wildman–Crippen LogP) is 2.37. The number of halogens is 1. The molecule has 6 nitrogen and oxygen atoms in total. The van der Waals surface area contributed by atoms with Crippen molar-refractivity contribution in [2.24, 2.45) is 5.92 Å². The van der Waals surface area contributed by atoms with Gasteiger partial charge in [0.05, 0.1) is 5.56 Å². The van der Waals surface area contributed by atoms with Crippen LogP contribution in [0, 0.1) is 5.92 Å². The molecule has 0 spiro atoms. The summed E-state index contributed by atoms with van der Waals surface area (Å²) >= 11 is 0. The van der Waals surface area contributed by atoms with Gasteiger partial charge in [-0.05, 0) is 55.8 Å². The van der Waals surface area contributed by atoms with Gasteiger partial charge in [-0.1, -0.05) is 12.1 Å². The molecule has 3 rings (SSSR count). The summed E-state index contributed by atoms with van der Waals surface area (Å²) in [4.78, 5) is 28.2. The van der Waals surface area contributed by atoms with Crippen LogP contribution in [-0.2, 0) is 11.3 Å². The number of pyridine rings is 1. The van der Waals surface area contributed by atoms with Crippen LogP contribution < -0.4 is 16.0 Å². The fourth-order valence-electron chi connectivity index (χ4n) is 2.82. The standard InChI is InChI=1S/C19H22N4O2.ClH/c24-18(15-7-10-20-11-8-15)22-12-14-3-5-17(6-4-14)23-19(25)16-2-1-9-21-13-16;/h1-6,9,13,15,20H,7-8,10-12H2,(H,22,24)(H,23,25);1H. The molecule has 0 atom stereocenters. The smallest absolute Gasteiger partial charge is 0.257 e. The van der Waals surface area contributed by atoms with Gasteiger partial charge in [-0.2, -0.15) is 0 Å². The van der Waals surface area contributed by atoms with Gasteiger partial charge in [0.2, 0.25) is 5.91 Å². The first-order valence-corrected chi connectivity index (χ1v) is 8.51. The molecule has 2 amide bonds. The SMILES string of the molecule is Cl.O=C(Nc1ccc(CNC(=O)C2CCNCC2)cc1)c1cccnc1. The maximum Gasteiger partial charge on any atom is 0.257 e. The number of hydrogen-bond acceptors (Lipinski definition) is 4. The zero-order valence-electron chi connectivity index (χ0n) is 14.4. The van der Waals surface area contributed by atoms with Crippen molar-refractivity contribution >= 4 is 29.9 Å². The minimum absolute atomic E-state index is 0. The van der Waals surface area contributed by atoms with Crippen molar-refractivity contribution in [3.63, 3.8) is 0 Å². The fraction of sp³-hybridized carbons (Fsp3) is 0.316. The molecule has 0 unspecified atom stereocenters. The molecule has 3 N–H and O–H groups in total. The Morgan fingerprint density at radius 3 is 2.50 bits per heavy atom. The summed E-state index contributed by atoms with van der Waals surface area (Å²) in [5.74, 6) is 0.0369. The first kappa shape index (κ1) is 19.9. The van der Waals surface area contributed by atoms with Crippen LogP contribution in [0.4, 0.5) is 5.69 Å². The third kappa shape index (κ3) is 5.54. The van der Waals surface area contributed by atoms with E-state index in [9.17, 15) is 9.59 Å². The molecule has 0 saturated carbocycles. The van der Waals surface area contributed by atoms with Gasteiger partial charge in [-0.25, -0.2) is 0 Å². The topological polar surface area (TPSA) is 83.1 Å². The first-order valence-electron chi connectivity index (χ1n) is 8.51. The first-order chi connectivity index (χ1) is 12.2. The van der Waals surface area contributed by atoms with Crippen LogP contribution in [0.1, 0.15) is 28.8 Å². The molecule has 26 heavy (non-hydrogen) atoms. The second-order valence-corrected chi connectivity index (χ2v) is 6.13. The minimum atomic E-state index is -0.194. The molecular formula is C19H23ClN4O2. The Morgan fingerprint density at radius 2 is 1.85 bits per heavy atom. The lowest BCUT2D eigenvalue weighted by Gasteiger charge is -2.21. The van der Waals surface area contributed by atoms with Crippen LogP contribution in [-0.4, -0.2) is 29.9 Å². The van der Waals surface area contributed by atoms with Crippen molar-refractivity contribution in [1.82, 2.24) is 15.6 Å². The number of nitrogens with zero attached hydrogens (tertiary/aromatic N) is 1. The van der Waals surface area contributed by atoms with Crippen LogP contribution in [0.2, 0.25) is 0 Å².